The minimum Gasteiger partial charge on any atom is -0.394 e. The van der Waals surface area contributed by atoms with Gasteiger partial charge in [0, 0.05) is 0 Å². The first-order valence-corrected chi connectivity index (χ1v) is 7.90. The van der Waals surface area contributed by atoms with E-state index in [4.69, 9.17) is 4.74 Å². The molecule has 0 spiro atoms. The number of fused-ring (bicyclic) bond motifs is 1. The van der Waals surface area contributed by atoms with Gasteiger partial charge < -0.3 is 25.2 Å². The van der Waals surface area contributed by atoms with Crippen LogP contribution in [0.2, 0.25) is 0 Å². The first kappa shape index (κ1) is 16.3. The number of rotatable bonds is 3. The predicted molar refractivity (Wildman–Crippen MR) is 76.7 cm³/mol. The van der Waals surface area contributed by atoms with Crippen LogP contribution in [0.1, 0.15) is 6.23 Å². The molecule has 23 heavy (non-hydrogen) atoms. The topological polar surface area (TPSA) is 167 Å². The lowest BCUT2D eigenvalue weighted by Crippen LogP contribution is -2.56. The van der Waals surface area contributed by atoms with E-state index in [0.29, 0.717) is 5.16 Å². The Kier molecular flexibility index (Phi) is 4.35. The van der Waals surface area contributed by atoms with Crippen LogP contribution < -0.4 is 5.56 Å². The predicted octanol–water partition coefficient (Wildman–Crippen LogP) is -2.79. The van der Waals surface area contributed by atoms with Crippen molar-refractivity contribution in [3.8, 4) is 0 Å². The second-order valence-electron chi connectivity index (χ2n) is 5.00. The molecule has 11 nitrogen and oxygen atoms in total. The van der Waals surface area contributed by atoms with Gasteiger partial charge in [0.2, 0.25) is 0 Å². The number of thioether (sulfide) groups is 1. The summed E-state index contributed by atoms with van der Waals surface area (Å²) in [7, 11) is 0. The van der Waals surface area contributed by atoms with E-state index in [-0.39, 0.29) is 11.2 Å². The van der Waals surface area contributed by atoms with Crippen molar-refractivity contribution in [3.63, 3.8) is 0 Å². The molecule has 1 fully saturated rings. The number of hydrogen-bond acceptors (Lipinski definition) is 10. The van der Waals surface area contributed by atoms with Crippen LogP contribution in [0.3, 0.4) is 0 Å². The zero-order chi connectivity index (χ0) is 16.7. The fourth-order valence-corrected chi connectivity index (χ4v) is 2.74. The maximum atomic E-state index is 11.9. The summed E-state index contributed by atoms with van der Waals surface area (Å²) >= 11 is 1.20. The lowest BCUT2D eigenvalue weighted by Gasteiger charge is -2.39. The van der Waals surface area contributed by atoms with Gasteiger partial charge >= 0.3 is 0 Å². The SMILES string of the molecule is CSc1nc2c(nnn2C2OC(CO)C(O)C(O)C2O)c(=O)[nH]1. The summed E-state index contributed by atoms with van der Waals surface area (Å²) in [5.41, 5.74) is -0.502. The summed E-state index contributed by atoms with van der Waals surface area (Å²) in [5.74, 6) is 0. The maximum absolute atomic E-state index is 11.9. The summed E-state index contributed by atoms with van der Waals surface area (Å²) in [6.45, 7) is -0.571. The zero-order valence-electron chi connectivity index (χ0n) is 11.9. The van der Waals surface area contributed by atoms with Gasteiger partial charge in [-0.25, -0.2) is 4.98 Å². The number of aliphatic hydroxyl groups is 4. The zero-order valence-corrected chi connectivity index (χ0v) is 12.7. The van der Waals surface area contributed by atoms with Crippen molar-refractivity contribution in [2.24, 2.45) is 0 Å². The van der Waals surface area contributed by atoms with Crippen molar-refractivity contribution in [1.82, 2.24) is 25.0 Å². The highest BCUT2D eigenvalue weighted by atomic mass is 32.2. The molecule has 0 bridgehead atoms. The summed E-state index contributed by atoms with van der Waals surface area (Å²) in [5, 5.41) is 46.8. The Morgan fingerprint density at radius 3 is 2.70 bits per heavy atom. The van der Waals surface area contributed by atoms with Crippen LogP contribution in [0.5, 0.6) is 0 Å². The van der Waals surface area contributed by atoms with Crippen LogP contribution >= 0.6 is 11.8 Å². The normalized spacial score (nSPS) is 31.6. The standard InChI is InChI=1S/C11H15N5O6S/c1-23-11-12-8-4(9(21)13-11)14-15-16(8)10-7(20)6(19)5(18)3(2-17)22-10/h3,5-7,10,17-20H,2H2,1H3,(H,12,13,21). The van der Waals surface area contributed by atoms with Gasteiger partial charge in [0.1, 0.15) is 24.4 Å². The molecule has 2 aromatic rings. The molecule has 0 saturated carbocycles. The number of ether oxygens (including phenoxy) is 1. The van der Waals surface area contributed by atoms with E-state index in [2.05, 4.69) is 20.3 Å². The molecule has 12 heteroatoms. The number of nitrogens with one attached hydrogen (secondary N) is 1. The van der Waals surface area contributed by atoms with Crippen molar-refractivity contribution >= 4 is 22.9 Å². The highest BCUT2D eigenvalue weighted by Gasteiger charge is 2.45. The molecule has 5 N–H and O–H groups in total. The van der Waals surface area contributed by atoms with Crippen LogP contribution in [0.15, 0.2) is 9.95 Å². The van der Waals surface area contributed by atoms with Gasteiger partial charge in [-0.05, 0) is 6.26 Å². The van der Waals surface area contributed by atoms with Crippen LogP contribution in [-0.4, -0.2) is 82.7 Å². The Hall–Kier alpha value is -1.57. The lowest BCUT2D eigenvalue weighted by molar-refractivity contribution is -0.253. The van der Waals surface area contributed by atoms with Crippen LogP contribution in [-0.2, 0) is 4.74 Å². The molecule has 126 valence electrons. The highest BCUT2D eigenvalue weighted by molar-refractivity contribution is 7.98. The molecular formula is C11H15N5O6S. The molecule has 3 rings (SSSR count). The largest absolute Gasteiger partial charge is 0.394 e. The van der Waals surface area contributed by atoms with Crippen molar-refractivity contribution in [1.29, 1.82) is 0 Å². The quantitative estimate of drug-likeness (QED) is 0.290. The highest BCUT2D eigenvalue weighted by Crippen LogP contribution is 2.29. The minimum absolute atomic E-state index is 0.0558. The number of H-pyrrole nitrogens is 1. The fraction of sp³-hybridized carbons (Fsp3) is 0.636. The number of aromatic amines is 1. The molecule has 1 saturated heterocycles. The van der Waals surface area contributed by atoms with Gasteiger partial charge in [0.05, 0.1) is 6.61 Å². The Balaban J connectivity index is 2.08. The van der Waals surface area contributed by atoms with Crippen LogP contribution in [0.25, 0.3) is 11.2 Å². The smallest absolute Gasteiger partial charge is 0.281 e. The van der Waals surface area contributed by atoms with Crippen molar-refractivity contribution in [3.05, 3.63) is 10.4 Å². The van der Waals surface area contributed by atoms with E-state index in [1.807, 2.05) is 0 Å². The van der Waals surface area contributed by atoms with Gasteiger partial charge in [0.25, 0.3) is 5.56 Å². The number of hydrogen-bond donors (Lipinski definition) is 5. The molecule has 5 unspecified atom stereocenters. The van der Waals surface area contributed by atoms with E-state index < -0.39 is 42.8 Å². The molecule has 2 aromatic heterocycles. The number of aliphatic hydroxyl groups excluding tert-OH is 4. The maximum Gasteiger partial charge on any atom is 0.281 e. The molecule has 3 heterocycles. The number of nitrogens with zero attached hydrogens (tertiary/aromatic N) is 4. The molecule has 0 amide bonds. The van der Waals surface area contributed by atoms with E-state index in [1.54, 1.807) is 6.26 Å². The summed E-state index contributed by atoms with van der Waals surface area (Å²) < 4.78 is 6.44. The van der Waals surface area contributed by atoms with Crippen LogP contribution in [0.4, 0.5) is 0 Å². The summed E-state index contributed by atoms with van der Waals surface area (Å²) in [4.78, 5) is 18.6. The molecule has 0 radical (unpaired) electrons. The van der Waals surface area contributed by atoms with Gasteiger partial charge in [0.15, 0.2) is 22.5 Å². The van der Waals surface area contributed by atoms with Crippen molar-refractivity contribution < 1.29 is 25.2 Å². The second kappa shape index (κ2) is 6.14. The summed E-state index contributed by atoms with van der Waals surface area (Å²) in [6, 6.07) is 0. The Bertz CT molecular complexity index is 763. The minimum atomic E-state index is -1.56. The second-order valence-corrected chi connectivity index (χ2v) is 5.80. The van der Waals surface area contributed by atoms with Crippen LogP contribution in [0, 0.1) is 0 Å². The summed E-state index contributed by atoms with van der Waals surface area (Å²) in [6.07, 6.45) is -5.24. The Labute approximate surface area is 132 Å². The monoisotopic (exact) mass is 345 g/mol. The molecular weight excluding hydrogens is 330 g/mol. The third-order valence-electron chi connectivity index (χ3n) is 3.61. The molecule has 0 aliphatic carbocycles. The van der Waals surface area contributed by atoms with E-state index in [0.717, 1.165) is 4.68 Å². The Morgan fingerprint density at radius 1 is 1.30 bits per heavy atom. The first-order valence-electron chi connectivity index (χ1n) is 6.67. The van der Waals surface area contributed by atoms with Gasteiger partial charge in [-0.15, -0.1) is 5.10 Å². The average molecular weight is 345 g/mol. The third-order valence-corrected chi connectivity index (χ3v) is 4.19. The van der Waals surface area contributed by atoms with Gasteiger partial charge in [-0.3, -0.25) is 9.78 Å². The first-order chi connectivity index (χ1) is 11.0. The molecule has 1 aliphatic rings. The van der Waals surface area contributed by atoms with E-state index >= 15 is 0 Å². The van der Waals surface area contributed by atoms with E-state index in [9.17, 15) is 25.2 Å². The fourth-order valence-electron chi connectivity index (χ4n) is 2.37. The average Bonchev–Trinajstić information content (AvgIpc) is 2.97. The third kappa shape index (κ3) is 2.62. The van der Waals surface area contributed by atoms with Crippen molar-refractivity contribution in [2.45, 2.75) is 35.8 Å². The molecule has 5 atom stereocenters. The van der Waals surface area contributed by atoms with Crippen molar-refractivity contribution in [2.75, 3.05) is 12.9 Å². The van der Waals surface area contributed by atoms with E-state index in [1.165, 1.54) is 11.8 Å². The number of aromatic nitrogens is 5. The molecule has 0 aromatic carbocycles. The van der Waals surface area contributed by atoms with Gasteiger partial charge in [-0.1, -0.05) is 17.0 Å². The van der Waals surface area contributed by atoms with Gasteiger partial charge in [-0.2, -0.15) is 4.68 Å². The lowest BCUT2D eigenvalue weighted by atomic mass is 9.98. The molecule has 1 aliphatic heterocycles. The Morgan fingerprint density at radius 2 is 2.04 bits per heavy atom.